The van der Waals surface area contributed by atoms with E-state index in [1.54, 1.807) is 36.5 Å². The molecule has 2 saturated heterocycles. The Morgan fingerprint density at radius 3 is 2.48 bits per heavy atom. The molecular weight excluding hydrogens is 782 g/mol. The third-order valence-electron chi connectivity index (χ3n) is 9.90. The molecule has 1 unspecified atom stereocenters. The van der Waals surface area contributed by atoms with E-state index in [0.29, 0.717) is 70.7 Å². The molecule has 17 heteroatoms. The maximum absolute atomic E-state index is 12.9. The first-order valence-corrected chi connectivity index (χ1v) is 20.8. The highest BCUT2D eigenvalue weighted by Crippen LogP contribution is 2.29. The minimum absolute atomic E-state index is 0.0767. The summed E-state index contributed by atoms with van der Waals surface area (Å²) in [4.78, 5) is 67.5. The summed E-state index contributed by atoms with van der Waals surface area (Å²) in [5.74, 6) is 0.716. The first-order valence-electron chi connectivity index (χ1n) is 19.6. The van der Waals surface area contributed by atoms with Crippen LogP contribution in [0.4, 0.5) is 28.1 Å². The second-order valence-electron chi connectivity index (χ2n) is 14.3. The van der Waals surface area contributed by atoms with E-state index in [2.05, 4.69) is 41.0 Å². The van der Waals surface area contributed by atoms with Gasteiger partial charge in [0, 0.05) is 51.0 Å². The monoisotopic (exact) mass is 831 g/mol. The summed E-state index contributed by atoms with van der Waals surface area (Å²) in [6.07, 6.45) is 6.67. The quantitative estimate of drug-likeness (QED) is 0.0634. The Kier molecular flexibility index (Phi) is 15.5. The van der Waals surface area contributed by atoms with Crippen molar-refractivity contribution in [3.63, 3.8) is 0 Å². The normalized spacial score (nSPS) is 15.9. The van der Waals surface area contributed by atoms with Crippen LogP contribution in [-0.2, 0) is 23.9 Å². The summed E-state index contributed by atoms with van der Waals surface area (Å²) in [5.41, 5.74) is 2.90. The summed E-state index contributed by atoms with van der Waals surface area (Å²) in [7, 11) is 0. The fourth-order valence-corrected chi connectivity index (χ4v) is 7.76. The number of carbonyl (C=O) groups excluding carboxylic acids is 4. The number of halogens is 1. The van der Waals surface area contributed by atoms with Gasteiger partial charge in [0.25, 0.3) is 5.91 Å². The van der Waals surface area contributed by atoms with Crippen LogP contribution < -0.4 is 26.2 Å². The van der Waals surface area contributed by atoms with Crippen molar-refractivity contribution in [2.24, 2.45) is 0 Å². The van der Waals surface area contributed by atoms with Crippen LogP contribution in [0.25, 0.3) is 0 Å². The predicted octanol–water partition coefficient (Wildman–Crippen LogP) is 6.07. The van der Waals surface area contributed by atoms with Crippen LogP contribution in [0.2, 0.25) is 5.02 Å². The van der Waals surface area contributed by atoms with Crippen LogP contribution in [0.15, 0.2) is 54.7 Å². The average Bonchev–Trinajstić information content (AvgIpc) is 3.67. The molecule has 4 heterocycles. The zero-order valence-electron chi connectivity index (χ0n) is 32.9. The highest BCUT2D eigenvalue weighted by molar-refractivity contribution is 7.17. The molecule has 15 nitrogen and oxygen atoms in total. The van der Waals surface area contributed by atoms with Crippen molar-refractivity contribution < 1.29 is 28.7 Å². The predicted molar refractivity (Wildman–Crippen MR) is 225 cm³/mol. The number of aryl methyl sites for hydroxylation is 2. The third-order valence-corrected chi connectivity index (χ3v) is 11.1. The van der Waals surface area contributed by atoms with Crippen LogP contribution in [0, 0.1) is 13.8 Å². The number of hydrogen-bond donors (Lipinski definition) is 4. The van der Waals surface area contributed by atoms with Gasteiger partial charge in [-0.2, -0.15) is 0 Å². The molecule has 2 aromatic carbocycles. The number of hydrogen-bond acceptors (Lipinski definition) is 13. The highest BCUT2D eigenvalue weighted by atomic mass is 35.5. The summed E-state index contributed by atoms with van der Waals surface area (Å²) < 4.78 is 11.2. The lowest BCUT2D eigenvalue weighted by atomic mass is 9.90. The van der Waals surface area contributed by atoms with E-state index >= 15 is 0 Å². The number of amides is 4. The number of anilines is 5. The van der Waals surface area contributed by atoms with Gasteiger partial charge in [0.1, 0.15) is 28.9 Å². The smallest absolute Gasteiger partial charge is 0.267 e. The molecule has 0 spiro atoms. The number of unbranched alkanes of at least 4 members (excludes halogenated alkanes) is 3. The largest absolute Gasteiger partial charge is 0.379 e. The molecule has 0 aliphatic carbocycles. The van der Waals surface area contributed by atoms with E-state index in [0.717, 1.165) is 75.4 Å². The number of ether oxygens (including phenoxy) is 2. The van der Waals surface area contributed by atoms with Gasteiger partial charge in [-0.25, -0.2) is 15.0 Å². The maximum Gasteiger partial charge on any atom is 0.267 e. The third kappa shape index (κ3) is 12.5. The van der Waals surface area contributed by atoms with E-state index in [1.807, 2.05) is 32.0 Å². The van der Waals surface area contributed by atoms with E-state index in [4.69, 9.17) is 26.1 Å². The molecule has 4 amide bonds. The Morgan fingerprint density at radius 2 is 1.71 bits per heavy atom. The molecule has 2 aliphatic heterocycles. The fourth-order valence-electron chi connectivity index (χ4n) is 6.78. The summed E-state index contributed by atoms with van der Waals surface area (Å²) >= 11 is 7.53. The van der Waals surface area contributed by atoms with Gasteiger partial charge in [-0.15, -0.1) is 0 Å². The van der Waals surface area contributed by atoms with Gasteiger partial charge >= 0.3 is 0 Å². The van der Waals surface area contributed by atoms with Crippen molar-refractivity contribution in [1.82, 2.24) is 25.2 Å². The molecular formula is C41H50ClN9O6S. The highest BCUT2D eigenvalue weighted by Gasteiger charge is 2.28. The summed E-state index contributed by atoms with van der Waals surface area (Å²) in [5, 5.41) is 12.3. The lowest BCUT2D eigenvalue weighted by molar-refractivity contribution is -0.134. The Hall–Kier alpha value is -5.00. The maximum atomic E-state index is 12.9. The van der Waals surface area contributed by atoms with Crippen molar-refractivity contribution in [3.05, 3.63) is 81.6 Å². The molecule has 2 aromatic heterocycles. The number of imide groups is 1. The first kappa shape index (κ1) is 42.6. The van der Waals surface area contributed by atoms with E-state index in [-0.39, 0.29) is 36.2 Å². The molecule has 0 saturated carbocycles. The number of piperidine rings is 1. The molecule has 4 aromatic rings. The van der Waals surface area contributed by atoms with Crippen molar-refractivity contribution in [2.45, 2.75) is 58.3 Å². The lowest BCUT2D eigenvalue weighted by Gasteiger charge is -2.35. The minimum Gasteiger partial charge on any atom is -0.379 e. The number of benzene rings is 2. The van der Waals surface area contributed by atoms with Gasteiger partial charge in [0.05, 0.1) is 36.0 Å². The molecule has 0 radical (unpaired) electrons. The zero-order chi connectivity index (χ0) is 40.9. The lowest BCUT2D eigenvalue weighted by Crippen LogP contribution is -2.47. The molecule has 58 heavy (non-hydrogen) atoms. The van der Waals surface area contributed by atoms with Crippen LogP contribution in [0.5, 0.6) is 0 Å². The molecule has 2 fully saturated rings. The number of carbonyl (C=O) groups is 4. The Bertz CT molecular complexity index is 2020. The molecule has 4 N–H and O–H groups in total. The van der Waals surface area contributed by atoms with Crippen LogP contribution >= 0.6 is 22.9 Å². The minimum atomic E-state index is -0.358. The van der Waals surface area contributed by atoms with Crippen LogP contribution in [0.3, 0.4) is 0 Å². The Labute approximate surface area is 347 Å². The van der Waals surface area contributed by atoms with Gasteiger partial charge in [-0.05, 0) is 69.0 Å². The van der Waals surface area contributed by atoms with Crippen molar-refractivity contribution in [3.8, 4) is 0 Å². The van der Waals surface area contributed by atoms with Gasteiger partial charge in [0.2, 0.25) is 17.7 Å². The van der Waals surface area contributed by atoms with Gasteiger partial charge in [-0.1, -0.05) is 60.0 Å². The number of nitrogens with one attached hydrogen (secondary N) is 4. The SMILES string of the molecule is Cc1nc(Nc2ncc(C(=O)Nc3c(C)cccc3Cl)s2)cc(N2CCN(CCCCCCOCCOCC(=O)Nc3ccc(C4CCC(=O)NC4=O)cc3)CC2)n1. The molecule has 2 aliphatic rings. The van der Waals surface area contributed by atoms with Crippen molar-refractivity contribution in [1.29, 1.82) is 0 Å². The second-order valence-corrected chi connectivity index (χ2v) is 15.7. The summed E-state index contributed by atoms with van der Waals surface area (Å²) in [6.45, 7) is 9.82. The molecule has 308 valence electrons. The standard InChI is InChI=1S/C41H50ClN9O6S/c1-27-8-7-9-32(42)38(27)49-40(55)33-25-43-41(58-33)47-34-24-35(45-28(2)44-34)51-19-17-50(18-20-51)16-5-3-4-6-21-56-22-23-57-26-37(53)46-30-12-10-29(11-13-30)31-14-15-36(52)48-39(31)54/h7-13,24-25,31H,3-6,14-23,26H2,1-2H3,(H,46,53)(H,49,55)(H,48,52,54)(H,43,44,45,47). The number of thiazole rings is 1. The number of rotatable bonds is 19. The number of aromatic nitrogens is 3. The molecule has 6 rings (SSSR count). The first-order chi connectivity index (χ1) is 28.1. The summed E-state index contributed by atoms with van der Waals surface area (Å²) in [6, 6.07) is 14.5. The van der Waals surface area contributed by atoms with Crippen molar-refractivity contribution >= 4 is 74.7 Å². The molecule has 0 bridgehead atoms. The van der Waals surface area contributed by atoms with Crippen molar-refractivity contribution in [2.75, 3.05) is 80.0 Å². The Morgan fingerprint density at radius 1 is 0.931 bits per heavy atom. The topological polar surface area (TPSA) is 180 Å². The Balaban J connectivity index is 0.793. The number of nitrogens with zero attached hydrogens (tertiary/aromatic N) is 5. The van der Waals surface area contributed by atoms with Gasteiger partial charge in [-0.3, -0.25) is 29.4 Å². The number of para-hydroxylation sites is 1. The van der Waals surface area contributed by atoms with E-state index in [1.165, 1.54) is 11.3 Å². The van der Waals surface area contributed by atoms with Gasteiger partial charge < -0.3 is 30.3 Å². The second kappa shape index (κ2) is 21.1. The zero-order valence-corrected chi connectivity index (χ0v) is 34.4. The van der Waals surface area contributed by atoms with E-state index < -0.39 is 0 Å². The van der Waals surface area contributed by atoms with Crippen LogP contribution in [-0.4, -0.2) is 103 Å². The van der Waals surface area contributed by atoms with E-state index in [9.17, 15) is 19.2 Å². The molecule has 1 atom stereocenters. The van der Waals surface area contributed by atoms with Crippen LogP contribution in [0.1, 0.15) is 71.1 Å². The average molecular weight is 832 g/mol. The number of piperazine rings is 1. The van der Waals surface area contributed by atoms with Gasteiger partial charge in [0.15, 0.2) is 5.13 Å². The fraction of sp³-hybridized carbons (Fsp3) is 0.439.